The summed E-state index contributed by atoms with van der Waals surface area (Å²) < 4.78 is 17.6. The Morgan fingerprint density at radius 2 is 1.74 bits per heavy atom. The number of amides is 1. The summed E-state index contributed by atoms with van der Waals surface area (Å²) in [7, 11) is 0. The van der Waals surface area contributed by atoms with Gasteiger partial charge >= 0.3 is 0 Å². The molecule has 0 unspecified atom stereocenters. The molecule has 0 bridgehead atoms. The van der Waals surface area contributed by atoms with Crippen LogP contribution in [-0.4, -0.2) is 23.6 Å². The van der Waals surface area contributed by atoms with E-state index in [9.17, 15) is 4.79 Å². The molecule has 6 nitrogen and oxygen atoms in total. The Kier molecular flexibility index (Phi) is 6.63. The first-order valence-electron chi connectivity index (χ1n) is 10.2. The van der Waals surface area contributed by atoms with E-state index in [2.05, 4.69) is 52.1 Å². The Balaban J connectivity index is 1.34. The van der Waals surface area contributed by atoms with E-state index in [1.54, 1.807) is 6.07 Å². The van der Waals surface area contributed by atoms with Gasteiger partial charge in [-0.3, -0.25) is 9.69 Å². The van der Waals surface area contributed by atoms with Crippen molar-refractivity contribution < 1.29 is 18.7 Å². The predicted octanol–water partition coefficient (Wildman–Crippen LogP) is 5.11. The Labute approximate surface area is 190 Å². The molecule has 1 N–H and O–H groups in total. The number of furan rings is 1. The number of nitrogens with zero attached hydrogens (tertiary/aromatic N) is 1. The highest BCUT2D eigenvalue weighted by Gasteiger charge is 2.17. The van der Waals surface area contributed by atoms with Crippen molar-refractivity contribution in [2.45, 2.75) is 39.5 Å². The average molecular weight is 485 g/mol. The summed E-state index contributed by atoms with van der Waals surface area (Å²) in [5.74, 6) is 2.25. The number of benzene rings is 2. The molecular formula is C24H25BrN2O4. The SMILES string of the molecule is CC(C)N(Cc1ccc(Br)cc1)Cc1ccc(C(=O)NCc2ccc3c(c2)OCO3)o1. The largest absolute Gasteiger partial charge is 0.455 e. The first-order chi connectivity index (χ1) is 15.0. The maximum Gasteiger partial charge on any atom is 0.287 e. The number of carbonyl (C=O) groups is 1. The molecule has 0 saturated heterocycles. The fraction of sp³-hybridized carbons (Fsp3) is 0.292. The third-order valence-corrected chi connectivity index (χ3v) is 5.69. The van der Waals surface area contributed by atoms with Gasteiger partial charge in [-0.2, -0.15) is 0 Å². The fourth-order valence-electron chi connectivity index (χ4n) is 3.35. The van der Waals surface area contributed by atoms with Crippen LogP contribution in [0.5, 0.6) is 11.5 Å². The van der Waals surface area contributed by atoms with Crippen LogP contribution in [0.4, 0.5) is 0 Å². The number of halogens is 1. The number of nitrogens with one attached hydrogen (secondary N) is 1. The predicted molar refractivity (Wildman–Crippen MR) is 121 cm³/mol. The second-order valence-corrected chi connectivity index (χ2v) is 8.68. The maximum atomic E-state index is 12.5. The van der Waals surface area contributed by atoms with Crippen LogP contribution >= 0.6 is 15.9 Å². The molecule has 1 aliphatic heterocycles. The van der Waals surface area contributed by atoms with Gasteiger partial charge in [-0.15, -0.1) is 0 Å². The van der Waals surface area contributed by atoms with Gasteiger partial charge in [0.2, 0.25) is 6.79 Å². The summed E-state index contributed by atoms with van der Waals surface area (Å²) in [5.41, 5.74) is 2.16. The van der Waals surface area contributed by atoms with E-state index < -0.39 is 0 Å². The van der Waals surface area contributed by atoms with E-state index in [0.29, 0.717) is 30.6 Å². The molecule has 3 aromatic rings. The normalized spacial score (nSPS) is 12.5. The zero-order valence-electron chi connectivity index (χ0n) is 17.6. The molecule has 1 aliphatic rings. The molecule has 1 aromatic heterocycles. The number of hydrogen-bond donors (Lipinski definition) is 1. The second-order valence-electron chi connectivity index (χ2n) is 7.76. The van der Waals surface area contributed by atoms with Crippen LogP contribution in [0.15, 0.2) is 63.5 Å². The molecule has 0 atom stereocenters. The van der Waals surface area contributed by atoms with Gasteiger partial charge in [0.15, 0.2) is 17.3 Å². The van der Waals surface area contributed by atoms with E-state index in [0.717, 1.165) is 28.1 Å². The molecule has 0 fully saturated rings. The van der Waals surface area contributed by atoms with Crippen molar-refractivity contribution in [3.8, 4) is 11.5 Å². The van der Waals surface area contributed by atoms with Crippen LogP contribution in [0.25, 0.3) is 0 Å². The Morgan fingerprint density at radius 3 is 2.52 bits per heavy atom. The minimum atomic E-state index is -0.243. The van der Waals surface area contributed by atoms with Gasteiger partial charge in [0.25, 0.3) is 5.91 Å². The lowest BCUT2D eigenvalue weighted by atomic mass is 10.2. The average Bonchev–Trinajstić information content (AvgIpc) is 3.42. The molecule has 7 heteroatoms. The molecule has 1 amide bonds. The van der Waals surface area contributed by atoms with Gasteiger partial charge < -0.3 is 19.2 Å². The summed E-state index contributed by atoms with van der Waals surface area (Å²) in [6.45, 7) is 6.35. The van der Waals surface area contributed by atoms with Crippen LogP contribution in [0.1, 0.15) is 41.3 Å². The number of ether oxygens (including phenoxy) is 2. The van der Waals surface area contributed by atoms with Crippen molar-refractivity contribution in [2.24, 2.45) is 0 Å². The Bertz CT molecular complexity index is 1050. The number of rotatable bonds is 8. The molecule has 31 heavy (non-hydrogen) atoms. The highest BCUT2D eigenvalue weighted by Crippen LogP contribution is 2.32. The maximum absolute atomic E-state index is 12.5. The molecule has 0 aliphatic carbocycles. The lowest BCUT2D eigenvalue weighted by Crippen LogP contribution is -2.29. The van der Waals surface area contributed by atoms with Crippen LogP contribution in [0.2, 0.25) is 0 Å². The minimum Gasteiger partial charge on any atom is -0.455 e. The van der Waals surface area contributed by atoms with Crippen LogP contribution in [0.3, 0.4) is 0 Å². The van der Waals surface area contributed by atoms with Crippen molar-refractivity contribution in [2.75, 3.05) is 6.79 Å². The second kappa shape index (κ2) is 9.58. The van der Waals surface area contributed by atoms with Crippen molar-refractivity contribution in [1.82, 2.24) is 10.2 Å². The third-order valence-electron chi connectivity index (χ3n) is 5.16. The van der Waals surface area contributed by atoms with E-state index >= 15 is 0 Å². The molecule has 0 radical (unpaired) electrons. The molecule has 2 aromatic carbocycles. The zero-order valence-corrected chi connectivity index (χ0v) is 19.1. The smallest absolute Gasteiger partial charge is 0.287 e. The van der Waals surface area contributed by atoms with Gasteiger partial charge in [-0.1, -0.05) is 34.1 Å². The van der Waals surface area contributed by atoms with Gasteiger partial charge in [0.05, 0.1) is 6.54 Å². The molecule has 2 heterocycles. The van der Waals surface area contributed by atoms with Crippen molar-refractivity contribution in [1.29, 1.82) is 0 Å². The molecule has 0 saturated carbocycles. The molecule has 0 spiro atoms. The summed E-state index contributed by atoms with van der Waals surface area (Å²) >= 11 is 3.47. The summed E-state index contributed by atoms with van der Waals surface area (Å²) in [6.07, 6.45) is 0. The van der Waals surface area contributed by atoms with Gasteiger partial charge in [0, 0.05) is 23.6 Å². The van der Waals surface area contributed by atoms with Crippen LogP contribution in [0, 0.1) is 0 Å². The highest BCUT2D eigenvalue weighted by atomic mass is 79.9. The van der Waals surface area contributed by atoms with Gasteiger partial charge in [-0.25, -0.2) is 0 Å². The van der Waals surface area contributed by atoms with Gasteiger partial charge in [0.1, 0.15) is 5.76 Å². The van der Waals surface area contributed by atoms with Crippen LogP contribution < -0.4 is 14.8 Å². The summed E-state index contributed by atoms with van der Waals surface area (Å²) in [4.78, 5) is 14.8. The molecule has 162 valence electrons. The third kappa shape index (κ3) is 5.48. The molecular weight excluding hydrogens is 460 g/mol. The standard InChI is InChI=1S/C24H25BrN2O4/c1-16(2)27(13-17-3-6-19(25)7-4-17)14-20-8-10-22(31-20)24(28)26-12-18-5-9-21-23(11-18)30-15-29-21/h3-11,16H,12-15H2,1-2H3,(H,26,28). The van der Waals surface area contributed by atoms with E-state index in [1.165, 1.54) is 5.56 Å². The van der Waals surface area contributed by atoms with E-state index in [1.807, 2.05) is 36.4 Å². The van der Waals surface area contributed by atoms with Crippen molar-refractivity contribution in [3.63, 3.8) is 0 Å². The van der Waals surface area contributed by atoms with E-state index in [-0.39, 0.29) is 12.7 Å². The first kappa shape index (κ1) is 21.5. The topological polar surface area (TPSA) is 63.9 Å². The summed E-state index contributed by atoms with van der Waals surface area (Å²) in [6, 6.07) is 17.9. The zero-order chi connectivity index (χ0) is 21.8. The quantitative estimate of drug-likeness (QED) is 0.481. The molecule has 4 rings (SSSR count). The lowest BCUT2D eigenvalue weighted by Gasteiger charge is -2.25. The van der Waals surface area contributed by atoms with E-state index in [4.69, 9.17) is 13.9 Å². The van der Waals surface area contributed by atoms with Gasteiger partial charge in [-0.05, 0) is 61.4 Å². The Hall–Kier alpha value is -2.77. The monoisotopic (exact) mass is 484 g/mol. The highest BCUT2D eigenvalue weighted by molar-refractivity contribution is 9.10. The first-order valence-corrected chi connectivity index (χ1v) is 11.0. The number of hydrogen-bond acceptors (Lipinski definition) is 5. The van der Waals surface area contributed by atoms with Crippen molar-refractivity contribution >= 4 is 21.8 Å². The number of fused-ring (bicyclic) bond motifs is 1. The van der Waals surface area contributed by atoms with Crippen LogP contribution in [-0.2, 0) is 19.6 Å². The summed E-state index contributed by atoms with van der Waals surface area (Å²) in [5, 5.41) is 2.89. The van der Waals surface area contributed by atoms with Crippen molar-refractivity contribution in [3.05, 3.63) is 81.7 Å². The lowest BCUT2D eigenvalue weighted by molar-refractivity contribution is 0.0917. The number of carbonyl (C=O) groups excluding carboxylic acids is 1. The minimum absolute atomic E-state index is 0.232. The fourth-order valence-corrected chi connectivity index (χ4v) is 3.62. The Morgan fingerprint density at radius 1 is 1.00 bits per heavy atom.